The minimum Gasteiger partial charge on any atom is -0.355 e. The highest BCUT2D eigenvalue weighted by molar-refractivity contribution is 5.82. The molecule has 0 spiro atoms. The normalized spacial score (nSPS) is 27.4. The van der Waals surface area contributed by atoms with E-state index in [1.807, 2.05) is 0 Å². The molecule has 2 saturated heterocycles. The SMILES string of the molecule is CN1CCC(C)(C(=O)NCC2CCN(CCCCCF)CC2)C1. The average Bonchev–Trinajstić information content (AvgIpc) is 2.91. The van der Waals surface area contributed by atoms with Gasteiger partial charge in [0, 0.05) is 13.1 Å². The molecule has 1 atom stereocenters. The molecule has 0 aliphatic carbocycles. The van der Waals surface area contributed by atoms with Crippen LogP contribution in [0.25, 0.3) is 0 Å². The summed E-state index contributed by atoms with van der Waals surface area (Å²) < 4.78 is 12.1. The summed E-state index contributed by atoms with van der Waals surface area (Å²) in [5, 5.41) is 3.20. The molecule has 1 amide bonds. The molecule has 0 saturated carbocycles. The Labute approximate surface area is 140 Å². The third-order valence-electron chi connectivity index (χ3n) is 5.58. The van der Waals surface area contributed by atoms with E-state index in [1.165, 1.54) is 12.8 Å². The summed E-state index contributed by atoms with van der Waals surface area (Å²) in [5.74, 6) is 0.847. The fourth-order valence-electron chi connectivity index (χ4n) is 3.85. The quantitative estimate of drug-likeness (QED) is 0.695. The van der Waals surface area contributed by atoms with Crippen molar-refractivity contribution in [3.63, 3.8) is 0 Å². The van der Waals surface area contributed by atoms with Crippen LogP contribution in [-0.4, -0.2) is 68.7 Å². The maximum atomic E-state index is 12.4. The molecule has 5 heteroatoms. The van der Waals surface area contributed by atoms with Crippen LogP contribution in [0.4, 0.5) is 4.39 Å². The molecule has 23 heavy (non-hydrogen) atoms. The number of carbonyl (C=O) groups excluding carboxylic acids is 1. The number of amides is 1. The van der Waals surface area contributed by atoms with E-state index in [0.29, 0.717) is 12.3 Å². The summed E-state index contributed by atoms with van der Waals surface area (Å²) in [6, 6.07) is 0. The zero-order valence-electron chi connectivity index (χ0n) is 15.0. The summed E-state index contributed by atoms with van der Waals surface area (Å²) in [7, 11) is 2.09. The Kier molecular flexibility index (Phi) is 7.28. The Bertz CT molecular complexity index is 371. The van der Waals surface area contributed by atoms with Gasteiger partial charge in [0.15, 0.2) is 0 Å². The molecule has 2 rings (SSSR count). The number of carbonyl (C=O) groups is 1. The number of piperidine rings is 1. The Balaban J connectivity index is 1.60. The predicted octanol–water partition coefficient (Wildman–Crippen LogP) is 2.30. The van der Waals surface area contributed by atoms with Crippen LogP contribution in [0.2, 0.25) is 0 Å². The topological polar surface area (TPSA) is 35.6 Å². The van der Waals surface area contributed by atoms with Crippen molar-refractivity contribution in [3.05, 3.63) is 0 Å². The zero-order valence-corrected chi connectivity index (χ0v) is 15.0. The minimum atomic E-state index is -0.203. The number of likely N-dealkylation sites (tertiary alicyclic amines) is 2. The van der Waals surface area contributed by atoms with Gasteiger partial charge in [0.25, 0.3) is 0 Å². The standard InChI is InChI=1S/C18H34FN3O/c1-18(8-13-21(2)15-18)17(23)20-14-16-6-11-22(12-7-16)10-5-3-4-9-19/h16H,3-15H2,1-2H3,(H,20,23). The van der Waals surface area contributed by atoms with E-state index < -0.39 is 0 Å². The molecule has 1 N–H and O–H groups in total. The van der Waals surface area contributed by atoms with Gasteiger partial charge in [0.2, 0.25) is 5.91 Å². The van der Waals surface area contributed by atoms with Gasteiger partial charge in [-0.15, -0.1) is 0 Å². The number of nitrogens with one attached hydrogen (secondary N) is 1. The van der Waals surface area contributed by atoms with Gasteiger partial charge in [0.1, 0.15) is 0 Å². The molecule has 1 unspecified atom stereocenters. The van der Waals surface area contributed by atoms with E-state index in [9.17, 15) is 9.18 Å². The lowest BCUT2D eigenvalue weighted by atomic mass is 9.88. The highest BCUT2D eigenvalue weighted by Crippen LogP contribution is 2.29. The Morgan fingerprint density at radius 1 is 1.22 bits per heavy atom. The number of halogens is 1. The van der Waals surface area contributed by atoms with Crippen molar-refractivity contribution in [3.8, 4) is 0 Å². The Morgan fingerprint density at radius 2 is 1.96 bits per heavy atom. The third kappa shape index (κ3) is 5.71. The first kappa shape index (κ1) is 18.7. The van der Waals surface area contributed by atoms with E-state index in [0.717, 1.165) is 58.5 Å². The van der Waals surface area contributed by atoms with Gasteiger partial charge >= 0.3 is 0 Å². The molecule has 4 nitrogen and oxygen atoms in total. The zero-order chi connectivity index (χ0) is 16.7. The van der Waals surface area contributed by atoms with Crippen LogP contribution in [0.1, 0.15) is 45.4 Å². The fourth-order valence-corrected chi connectivity index (χ4v) is 3.85. The molecule has 2 aliphatic heterocycles. The number of nitrogens with zero attached hydrogens (tertiary/aromatic N) is 2. The number of alkyl halides is 1. The first-order valence-corrected chi connectivity index (χ1v) is 9.29. The van der Waals surface area contributed by atoms with Crippen LogP contribution >= 0.6 is 0 Å². The maximum Gasteiger partial charge on any atom is 0.227 e. The molecule has 0 aromatic carbocycles. The molecule has 0 radical (unpaired) electrons. The number of hydrogen-bond donors (Lipinski definition) is 1. The van der Waals surface area contributed by atoms with E-state index >= 15 is 0 Å². The lowest BCUT2D eigenvalue weighted by Crippen LogP contribution is -2.44. The van der Waals surface area contributed by atoms with E-state index in [1.54, 1.807) is 0 Å². The fraction of sp³-hybridized carbons (Fsp3) is 0.944. The van der Waals surface area contributed by atoms with Gasteiger partial charge < -0.3 is 15.1 Å². The lowest BCUT2D eigenvalue weighted by molar-refractivity contribution is -0.129. The molecular weight excluding hydrogens is 293 g/mol. The van der Waals surface area contributed by atoms with Gasteiger partial charge in [-0.1, -0.05) is 0 Å². The molecule has 0 aromatic heterocycles. The highest BCUT2D eigenvalue weighted by Gasteiger charge is 2.39. The van der Waals surface area contributed by atoms with E-state index in [4.69, 9.17) is 0 Å². The minimum absolute atomic E-state index is 0.184. The molecule has 134 valence electrons. The molecular formula is C18H34FN3O. The predicted molar refractivity (Wildman–Crippen MR) is 92.2 cm³/mol. The van der Waals surface area contributed by atoms with Crippen LogP contribution in [0.5, 0.6) is 0 Å². The van der Waals surface area contributed by atoms with Crippen molar-refractivity contribution in [2.75, 3.05) is 53.0 Å². The largest absolute Gasteiger partial charge is 0.355 e. The van der Waals surface area contributed by atoms with Crippen molar-refractivity contribution in [2.45, 2.75) is 45.4 Å². The summed E-state index contributed by atoms with van der Waals surface area (Å²) in [6.07, 6.45) is 6.11. The van der Waals surface area contributed by atoms with Crippen LogP contribution in [0.15, 0.2) is 0 Å². The summed E-state index contributed by atoms with van der Waals surface area (Å²) in [6.45, 7) is 7.97. The Morgan fingerprint density at radius 3 is 2.57 bits per heavy atom. The van der Waals surface area contributed by atoms with Crippen molar-refractivity contribution in [1.82, 2.24) is 15.1 Å². The molecule has 0 aromatic rings. The van der Waals surface area contributed by atoms with Crippen molar-refractivity contribution < 1.29 is 9.18 Å². The smallest absolute Gasteiger partial charge is 0.227 e. The van der Waals surface area contributed by atoms with E-state index in [-0.39, 0.29) is 18.0 Å². The number of unbranched alkanes of at least 4 members (excludes halogenated alkanes) is 2. The van der Waals surface area contributed by atoms with Gasteiger partial charge in [-0.25, -0.2) is 0 Å². The maximum absolute atomic E-state index is 12.4. The monoisotopic (exact) mass is 327 g/mol. The molecule has 2 fully saturated rings. The molecule has 2 heterocycles. The van der Waals surface area contributed by atoms with Gasteiger partial charge in [-0.3, -0.25) is 9.18 Å². The Hall–Kier alpha value is -0.680. The van der Waals surface area contributed by atoms with Crippen LogP contribution < -0.4 is 5.32 Å². The van der Waals surface area contributed by atoms with Crippen molar-refractivity contribution >= 4 is 5.91 Å². The first-order chi connectivity index (χ1) is 11.0. The number of hydrogen-bond acceptors (Lipinski definition) is 3. The van der Waals surface area contributed by atoms with Gasteiger partial charge in [-0.2, -0.15) is 0 Å². The molecule has 2 aliphatic rings. The summed E-state index contributed by atoms with van der Waals surface area (Å²) in [5.41, 5.74) is -0.203. The van der Waals surface area contributed by atoms with Gasteiger partial charge in [-0.05, 0) is 84.6 Å². The second-order valence-electron chi connectivity index (χ2n) is 7.79. The van der Waals surface area contributed by atoms with Crippen LogP contribution in [-0.2, 0) is 4.79 Å². The number of rotatable bonds is 8. The first-order valence-electron chi connectivity index (χ1n) is 9.29. The van der Waals surface area contributed by atoms with Crippen molar-refractivity contribution in [2.24, 2.45) is 11.3 Å². The average molecular weight is 327 g/mol. The molecule has 0 bridgehead atoms. The second-order valence-corrected chi connectivity index (χ2v) is 7.79. The van der Waals surface area contributed by atoms with Crippen LogP contribution in [0, 0.1) is 11.3 Å². The van der Waals surface area contributed by atoms with Crippen LogP contribution in [0.3, 0.4) is 0 Å². The van der Waals surface area contributed by atoms with Gasteiger partial charge in [0.05, 0.1) is 12.1 Å². The van der Waals surface area contributed by atoms with E-state index in [2.05, 4.69) is 29.1 Å². The highest BCUT2D eigenvalue weighted by atomic mass is 19.1. The summed E-state index contributed by atoms with van der Waals surface area (Å²) >= 11 is 0. The summed E-state index contributed by atoms with van der Waals surface area (Å²) in [4.78, 5) is 17.2. The van der Waals surface area contributed by atoms with Crippen molar-refractivity contribution in [1.29, 1.82) is 0 Å². The lowest BCUT2D eigenvalue weighted by Gasteiger charge is -2.32. The second kappa shape index (κ2) is 8.97. The third-order valence-corrected chi connectivity index (χ3v) is 5.58.